The quantitative estimate of drug-likeness (QED) is 0.629. The van der Waals surface area contributed by atoms with E-state index in [0.29, 0.717) is 42.6 Å². The zero-order valence-electron chi connectivity index (χ0n) is 19.9. The van der Waals surface area contributed by atoms with Crippen molar-refractivity contribution in [3.63, 3.8) is 0 Å². The number of aryl methyl sites for hydroxylation is 1. The fraction of sp³-hybridized carbons (Fsp3) is 0.480. The van der Waals surface area contributed by atoms with Crippen LogP contribution in [0, 0.1) is 6.92 Å². The topological polar surface area (TPSA) is 63.3 Å². The summed E-state index contributed by atoms with van der Waals surface area (Å²) in [7, 11) is 2.15. The van der Waals surface area contributed by atoms with Gasteiger partial charge in [-0.05, 0) is 70.6 Å². The van der Waals surface area contributed by atoms with Crippen molar-refractivity contribution in [1.29, 1.82) is 0 Å². The number of amides is 1. The number of hydrogen-bond acceptors (Lipinski definition) is 6. The van der Waals surface area contributed by atoms with Gasteiger partial charge in [0.25, 0.3) is 5.91 Å². The Morgan fingerprint density at radius 3 is 2.03 bits per heavy atom. The van der Waals surface area contributed by atoms with Crippen LogP contribution < -0.4 is 24.4 Å². The summed E-state index contributed by atoms with van der Waals surface area (Å²) in [6.45, 7) is 13.2. The smallest absolute Gasteiger partial charge is 0.255 e. The molecule has 2 aromatic rings. The Labute approximate surface area is 191 Å². The third kappa shape index (κ3) is 5.65. The minimum absolute atomic E-state index is 0.217. The van der Waals surface area contributed by atoms with Crippen LogP contribution in [0.1, 0.15) is 36.7 Å². The van der Waals surface area contributed by atoms with Crippen LogP contribution in [0.4, 0.5) is 11.4 Å². The fourth-order valence-electron chi connectivity index (χ4n) is 3.76. The molecule has 1 aliphatic heterocycles. The van der Waals surface area contributed by atoms with E-state index in [1.54, 1.807) is 12.1 Å². The fourth-order valence-corrected chi connectivity index (χ4v) is 3.76. The zero-order chi connectivity index (χ0) is 23.1. The summed E-state index contributed by atoms with van der Waals surface area (Å²) in [4.78, 5) is 17.8. The summed E-state index contributed by atoms with van der Waals surface area (Å²) in [5, 5.41) is 3.04. The number of ether oxygens (including phenoxy) is 3. The number of carbonyl (C=O) groups is 1. The number of hydrogen-bond donors (Lipinski definition) is 1. The van der Waals surface area contributed by atoms with Gasteiger partial charge in [0.05, 0.1) is 19.8 Å². The van der Waals surface area contributed by atoms with E-state index < -0.39 is 0 Å². The molecule has 0 aromatic heterocycles. The van der Waals surface area contributed by atoms with Crippen molar-refractivity contribution in [2.45, 2.75) is 27.7 Å². The van der Waals surface area contributed by atoms with Crippen molar-refractivity contribution in [2.24, 2.45) is 0 Å². The molecular formula is C25H35N3O4. The van der Waals surface area contributed by atoms with Crippen LogP contribution in [0.15, 0.2) is 30.3 Å². The molecule has 174 valence electrons. The number of likely N-dealkylation sites (N-methyl/N-ethyl adjacent to an activating group) is 1. The summed E-state index contributed by atoms with van der Waals surface area (Å²) in [6, 6.07) is 9.60. The van der Waals surface area contributed by atoms with Crippen LogP contribution in [0.25, 0.3) is 0 Å². The van der Waals surface area contributed by atoms with E-state index >= 15 is 0 Å². The maximum absolute atomic E-state index is 13.1. The van der Waals surface area contributed by atoms with Crippen LogP contribution in [-0.4, -0.2) is 63.9 Å². The summed E-state index contributed by atoms with van der Waals surface area (Å²) in [5.41, 5.74) is 3.46. The molecule has 3 rings (SSSR count). The second-order valence-electron chi connectivity index (χ2n) is 7.84. The Morgan fingerprint density at radius 2 is 1.50 bits per heavy atom. The second-order valence-corrected chi connectivity index (χ2v) is 7.84. The van der Waals surface area contributed by atoms with Gasteiger partial charge in [0.1, 0.15) is 0 Å². The Morgan fingerprint density at radius 1 is 0.906 bits per heavy atom. The average molecular weight is 442 g/mol. The number of carbonyl (C=O) groups excluding carboxylic acids is 1. The monoisotopic (exact) mass is 441 g/mol. The largest absolute Gasteiger partial charge is 0.490 e. The van der Waals surface area contributed by atoms with Crippen LogP contribution >= 0.6 is 0 Å². The lowest BCUT2D eigenvalue weighted by molar-refractivity contribution is 0.102. The SMILES string of the molecule is CCOc1cc(C(=O)Nc2ccc(N3CCN(C)CC3)cc2C)cc(OCC)c1OCC. The Bertz CT molecular complexity index is 896. The molecule has 7 heteroatoms. The Balaban J connectivity index is 1.81. The predicted molar refractivity (Wildman–Crippen MR) is 129 cm³/mol. The molecule has 1 N–H and O–H groups in total. The number of benzene rings is 2. The van der Waals surface area contributed by atoms with Crippen molar-refractivity contribution in [3.05, 3.63) is 41.5 Å². The molecule has 2 aromatic carbocycles. The summed E-state index contributed by atoms with van der Waals surface area (Å²) >= 11 is 0. The molecule has 1 heterocycles. The highest BCUT2D eigenvalue weighted by molar-refractivity contribution is 6.05. The molecule has 0 atom stereocenters. The molecule has 0 aliphatic carbocycles. The first-order valence-electron chi connectivity index (χ1n) is 11.4. The first kappa shape index (κ1) is 23.7. The van der Waals surface area contributed by atoms with E-state index in [1.807, 2.05) is 33.8 Å². The van der Waals surface area contributed by atoms with Crippen LogP contribution in [0.5, 0.6) is 17.2 Å². The van der Waals surface area contributed by atoms with Gasteiger partial charge < -0.3 is 29.3 Å². The van der Waals surface area contributed by atoms with Crippen molar-refractivity contribution in [3.8, 4) is 17.2 Å². The first-order chi connectivity index (χ1) is 15.5. The minimum Gasteiger partial charge on any atom is -0.490 e. The van der Waals surface area contributed by atoms with Gasteiger partial charge in [-0.2, -0.15) is 0 Å². The van der Waals surface area contributed by atoms with E-state index in [1.165, 1.54) is 5.69 Å². The molecule has 1 fully saturated rings. The molecule has 7 nitrogen and oxygen atoms in total. The highest BCUT2D eigenvalue weighted by atomic mass is 16.5. The molecule has 1 amide bonds. The third-order valence-electron chi connectivity index (χ3n) is 5.50. The van der Waals surface area contributed by atoms with Gasteiger partial charge in [0, 0.05) is 43.1 Å². The molecule has 0 spiro atoms. The van der Waals surface area contributed by atoms with Gasteiger partial charge in [0.2, 0.25) is 5.75 Å². The van der Waals surface area contributed by atoms with Gasteiger partial charge in [0.15, 0.2) is 11.5 Å². The first-order valence-corrected chi connectivity index (χ1v) is 11.4. The molecule has 0 radical (unpaired) electrons. The zero-order valence-corrected chi connectivity index (χ0v) is 19.9. The summed E-state index contributed by atoms with van der Waals surface area (Å²) in [6.07, 6.45) is 0. The maximum Gasteiger partial charge on any atom is 0.255 e. The molecule has 0 saturated carbocycles. The molecule has 1 saturated heterocycles. The van der Waals surface area contributed by atoms with Crippen molar-refractivity contribution in [2.75, 3.05) is 63.3 Å². The Hall–Kier alpha value is -2.93. The number of rotatable bonds is 9. The van der Waals surface area contributed by atoms with Crippen molar-refractivity contribution in [1.82, 2.24) is 4.90 Å². The number of piperazine rings is 1. The minimum atomic E-state index is -0.217. The molecule has 0 unspecified atom stereocenters. The van der Waals surface area contributed by atoms with E-state index in [-0.39, 0.29) is 5.91 Å². The van der Waals surface area contributed by atoms with Crippen LogP contribution in [-0.2, 0) is 0 Å². The summed E-state index contributed by atoms with van der Waals surface area (Å²) in [5.74, 6) is 1.33. The van der Waals surface area contributed by atoms with Crippen molar-refractivity contribution >= 4 is 17.3 Å². The number of nitrogens with one attached hydrogen (secondary N) is 1. The lowest BCUT2D eigenvalue weighted by Crippen LogP contribution is -2.44. The molecule has 1 aliphatic rings. The highest BCUT2D eigenvalue weighted by Crippen LogP contribution is 2.39. The van der Waals surface area contributed by atoms with E-state index in [9.17, 15) is 4.79 Å². The van der Waals surface area contributed by atoms with Gasteiger partial charge >= 0.3 is 0 Å². The van der Waals surface area contributed by atoms with Gasteiger partial charge in [-0.1, -0.05) is 0 Å². The number of anilines is 2. The summed E-state index contributed by atoms with van der Waals surface area (Å²) < 4.78 is 17.2. The molecular weight excluding hydrogens is 406 g/mol. The Kier molecular flexibility index (Phi) is 8.22. The third-order valence-corrected chi connectivity index (χ3v) is 5.50. The van der Waals surface area contributed by atoms with Crippen LogP contribution in [0.3, 0.4) is 0 Å². The molecule has 32 heavy (non-hydrogen) atoms. The maximum atomic E-state index is 13.1. The van der Waals surface area contributed by atoms with E-state index in [0.717, 1.165) is 37.4 Å². The van der Waals surface area contributed by atoms with E-state index in [2.05, 4.69) is 34.3 Å². The average Bonchev–Trinajstić information content (AvgIpc) is 2.78. The predicted octanol–water partition coefficient (Wildman–Crippen LogP) is 4.20. The lowest BCUT2D eigenvalue weighted by atomic mass is 10.1. The van der Waals surface area contributed by atoms with Gasteiger partial charge in [-0.25, -0.2) is 0 Å². The van der Waals surface area contributed by atoms with Gasteiger partial charge in [-0.3, -0.25) is 4.79 Å². The standard InChI is InChI=1S/C25H35N3O4/c1-6-30-22-16-19(17-23(31-7-2)24(22)32-8-3)25(29)26-21-10-9-20(15-18(21)4)28-13-11-27(5)12-14-28/h9-10,15-17H,6-8,11-14H2,1-5H3,(H,26,29). The second kappa shape index (κ2) is 11.1. The lowest BCUT2D eigenvalue weighted by Gasteiger charge is -2.34. The van der Waals surface area contributed by atoms with Gasteiger partial charge in [-0.15, -0.1) is 0 Å². The number of nitrogens with zero attached hydrogens (tertiary/aromatic N) is 2. The highest BCUT2D eigenvalue weighted by Gasteiger charge is 2.19. The van der Waals surface area contributed by atoms with Crippen LogP contribution in [0.2, 0.25) is 0 Å². The van der Waals surface area contributed by atoms with Crippen molar-refractivity contribution < 1.29 is 19.0 Å². The molecule has 0 bridgehead atoms. The normalized spacial score (nSPS) is 14.2. The van der Waals surface area contributed by atoms with E-state index in [4.69, 9.17) is 14.2 Å².